The molecule has 1 aliphatic heterocycles. The van der Waals surface area contributed by atoms with Crippen LogP contribution in [0.15, 0.2) is 12.1 Å². The summed E-state index contributed by atoms with van der Waals surface area (Å²) in [6.45, 7) is 2.34. The van der Waals surface area contributed by atoms with Gasteiger partial charge in [-0.25, -0.2) is 13.2 Å². The summed E-state index contributed by atoms with van der Waals surface area (Å²) in [7, 11) is 0. The second-order valence-electron chi connectivity index (χ2n) is 5.13. The number of nitrogens with one attached hydrogen (secondary N) is 1. The zero-order valence-electron chi connectivity index (χ0n) is 11.2. The van der Waals surface area contributed by atoms with E-state index in [1.165, 1.54) is 0 Å². The molecule has 0 bridgehead atoms. The van der Waals surface area contributed by atoms with E-state index >= 15 is 0 Å². The number of rotatable bonds is 6. The normalized spacial score (nSPS) is 18.9. The molecule has 1 aromatic carbocycles. The predicted octanol–water partition coefficient (Wildman–Crippen LogP) is 1.65. The summed E-state index contributed by atoms with van der Waals surface area (Å²) in [5.74, 6) is -3.80. The molecule has 1 unspecified atom stereocenters. The van der Waals surface area contributed by atoms with Gasteiger partial charge < -0.3 is 10.4 Å². The molecule has 0 saturated carbocycles. The summed E-state index contributed by atoms with van der Waals surface area (Å²) in [5.41, 5.74) is 0.368. The largest absolute Gasteiger partial charge is 0.395 e. The highest BCUT2D eigenvalue weighted by Gasteiger charge is 2.19. The van der Waals surface area contributed by atoms with Crippen molar-refractivity contribution in [1.29, 1.82) is 0 Å². The molecule has 0 amide bonds. The van der Waals surface area contributed by atoms with Gasteiger partial charge in [-0.3, -0.25) is 4.90 Å². The van der Waals surface area contributed by atoms with Crippen LogP contribution < -0.4 is 5.32 Å². The molecule has 2 N–H and O–H groups in total. The van der Waals surface area contributed by atoms with E-state index < -0.39 is 17.5 Å². The van der Waals surface area contributed by atoms with Crippen molar-refractivity contribution in [3.63, 3.8) is 0 Å². The average Bonchev–Trinajstić information content (AvgIpc) is 2.89. The highest BCUT2D eigenvalue weighted by molar-refractivity contribution is 5.19. The Morgan fingerprint density at radius 2 is 1.95 bits per heavy atom. The lowest BCUT2D eigenvalue weighted by molar-refractivity contribution is 0.178. The Morgan fingerprint density at radius 1 is 1.25 bits per heavy atom. The van der Waals surface area contributed by atoms with Crippen LogP contribution >= 0.6 is 0 Å². The number of hydrogen-bond donors (Lipinski definition) is 2. The third kappa shape index (κ3) is 3.94. The fourth-order valence-corrected chi connectivity index (χ4v) is 2.56. The van der Waals surface area contributed by atoms with Crippen molar-refractivity contribution in [2.45, 2.75) is 25.4 Å². The van der Waals surface area contributed by atoms with Crippen LogP contribution in [0.3, 0.4) is 0 Å². The molecule has 0 aliphatic carbocycles. The first-order valence-electron chi connectivity index (χ1n) is 6.80. The van der Waals surface area contributed by atoms with Gasteiger partial charge in [0.05, 0.1) is 6.61 Å². The lowest BCUT2D eigenvalue weighted by atomic mass is 10.1. The molecule has 6 heteroatoms. The minimum atomic E-state index is -1.44. The summed E-state index contributed by atoms with van der Waals surface area (Å²) in [6.07, 6.45) is 2.16. The minimum Gasteiger partial charge on any atom is -0.395 e. The van der Waals surface area contributed by atoms with Gasteiger partial charge in [-0.2, -0.15) is 0 Å². The second-order valence-corrected chi connectivity index (χ2v) is 5.13. The number of benzene rings is 1. The molecule has 1 heterocycles. The Labute approximate surface area is 116 Å². The maximum absolute atomic E-state index is 13.2. The summed E-state index contributed by atoms with van der Waals surface area (Å²) in [5, 5.41) is 12.4. The van der Waals surface area contributed by atoms with Crippen molar-refractivity contribution >= 4 is 0 Å². The van der Waals surface area contributed by atoms with Crippen LogP contribution in [0.25, 0.3) is 0 Å². The van der Waals surface area contributed by atoms with Gasteiger partial charge >= 0.3 is 0 Å². The highest BCUT2D eigenvalue weighted by atomic mass is 19.2. The topological polar surface area (TPSA) is 35.5 Å². The van der Waals surface area contributed by atoms with E-state index in [4.69, 9.17) is 5.11 Å². The minimum absolute atomic E-state index is 0.0289. The smallest absolute Gasteiger partial charge is 0.194 e. The second kappa shape index (κ2) is 7.06. The maximum atomic E-state index is 13.2. The quantitative estimate of drug-likeness (QED) is 0.781. The van der Waals surface area contributed by atoms with Crippen molar-refractivity contribution in [3.05, 3.63) is 35.1 Å². The van der Waals surface area contributed by atoms with Crippen LogP contribution in [-0.2, 0) is 6.54 Å². The molecule has 20 heavy (non-hydrogen) atoms. The molecular weight excluding hydrogens is 269 g/mol. The van der Waals surface area contributed by atoms with Crippen LogP contribution in [0.2, 0.25) is 0 Å². The molecule has 3 nitrogen and oxygen atoms in total. The molecule has 2 rings (SSSR count). The fourth-order valence-electron chi connectivity index (χ4n) is 2.56. The summed E-state index contributed by atoms with van der Waals surface area (Å²) >= 11 is 0. The van der Waals surface area contributed by atoms with Gasteiger partial charge in [0.15, 0.2) is 17.5 Å². The van der Waals surface area contributed by atoms with Crippen LogP contribution in [0.4, 0.5) is 13.2 Å². The summed E-state index contributed by atoms with van der Waals surface area (Å²) in [4.78, 5) is 1.91. The number of halogens is 3. The van der Waals surface area contributed by atoms with Crippen LogP contribution in [0.1, 0.15) is 18.4 Å². The summed E-state index contributed by atoms with van der Waals surface area (Å²) < 4.78 is 39.3. The van der Waals surface area contributed by atoms with Gasteiger partial charge in [-0.05, 0) is 37.1 Å². The van der Waals surface area contributed by atoms with Gasteiger partial charge in [0.2, 0.25) is 0 Å². The van der Waals surface area contributed by atoms with Crippen LogP contribution in [0.5, 0.6) is 0 Å². The molecule has 1 atom stereocenters. The standard InChI is InChI=1S/C14H19F3N2O/c15-12-6-10(7-13(16)14(12)17)8-19(4-5-20)9-11-2-1-3-18-11/h6-7,11,18,20H,1-5,8-9H2. The third-order valence-corrected chi connectivity index (χ3v) is 3.51. The Bertz CT molecular complexity index is 427. The van der Waals surface area contributed by atoms with Crippen LogP contribution in [-0.4, -0.2) is 42.3 Å². The number of aliphatic hydroxyl groups excluding tert-OH is 1. The Kier molecular flexibility index (Phi) is 5.39. The van der Waals surface area contributed by atoms with Gasteiger partial charge in [0.25, 0.3) is 0 Å². The van der Waals surface area contributed by atoms with Crippen molar-refractivity contribution in [2.75, 3.05) is 26.2 Å². The molecule has 1 aromatic rings. The molecule has 1 aliphatic rings. The third-order valence-electron chi connectivity index (χ3n) is 3.51. The Morgan fingerprint density at radius 3 is 2.50 bits per heavy atom. The number of aliphatic hydroxyl groups is 1. The van der Waals surface area contributed by atoms with Crippen LogP contribution in [0, 0.1) is 17.5 Å². The first-order valence-corrected chi connectivity index (χ1v) is 6.80. The molecule has 0 radical (unpaired) electrons. The fraction of sp³-hybridized carbons (Fsp3) is 0.571. The zero-order valence-corrected chi connectivity index (χ0v) is 11.2. The molecule has 0 aromatic heterocycles. The average molecular weight is 288 g/mol. The Balaban J connectivity index is 2.03. The zero-order chi connectivity index (χ0) is 14.5. The monoisotopic (exact) mass is 288 g/mol. The van der Waals surface area contributed by atoms with Crippen molar-refractivity contribution in [1.82, 2.24) is 10.2 Å². The van der Waals surface area contributed by atoms with Crippen molar-refractivity contribution in [2.24, 2.45) is 0 Å². The van der Waals surface area contributed by atoms with E-state index in [1.807, 2.05) is 4.90 Å². The van der Waals surface area contributed by atoms with Crippen molar-refractivity contribution in [3.8, 4) is 0 Å². The Hall–Kier alpha value is -1.11. The van der Waals surface area contributed by atoms with E-state index in [0.717, 1.165) is 31.5 Å². The molecule has 0 spiro atoms. The van der Waals surface area contributed by atoms with Gasteiger partial charge in [0, 0.05) is 25.7 Å². The predicted molar refractivity (Wildman–Crippen MR) is 69.7 cm³/mol. The summed E-state index contributed by atoms with van der Waals surface area (Å²) in [6, 6.07) is 2.34. The lowest BCUT2D eigenvalue weighted by Crippen LogP contribution is -2.38. The molecule has 1 saturated heterocycles. The van der Waals surface area contributed by atoms with E-state index in [0.29, 0.717) is 24.7 Å². The van der Waals surface area contributed by atoms with Crippen molar-refractivity contribution < 1.29 is 18.3 Å². The highest BCUT2D eigenvalue weighted by Crippen LogP contribution is 2.16. The molecule has 1 fully saturated rings. The maximum Gasteiger partial charge on any atom is 0.194 e. The first kappa shape index (κ1) is 15.3. The number of hydrogen-bond acceptors (Lipinski definition) is 3. The van der Waals surface area contributed by atoms with E-state index in [-0.39, 0.29) is 13.2 Å². The number of nitrogens with zero attached hydrogens (tertiary/aromatic N) is 1. The van der Waals surface area contributed by atoms with Gasteiger partial charge in [0.1, 0.15) is 0 Å². The first-order chi connectivity index (χ1) is 9.60. The van der Waals surface area contributed by atoms with Gasteiger partial charge in [-0.1, -0.05) is 0 Å². The van der Waals surface area contributed by atoms with E-state index in [2.05, 4.69) is 5.32 Å². The SMILES string of the molecule is OCCN(Cc1cc(F)c(F)c(F)c1)CC1CCCN1. The molecule has 112 valence electrons. The van der Waals surface area contributed by atoms with Gasteiger partial charge in [-0.15, -0.1) is 0 Å². The van der Waals surface area contributed by atoms with E-state index in [1.54, 1.807) is 0 Å². The van der Waals surface area contributed by atoms with E-state index in [9.17, 15) is 13.2 Å². The lowest BCUT2D eigenvalue weighted by Gasteiger charge is -2.25. The molecular formula is C14H19F3N2O.